The van der Waals surface area contributed by atoms with Gasteiger partial charge in [0.05, 0.1) is 10.4 Å². The van der Waals surface area contributed by atoms with E-state index in [2.05, 4.69) is 15.9 Å². The third kappa shape index (κ3) is 2.33. The van der Waals surface area contributed by atoms with Crippen LogP contribution in [0.15, 0.2) is 6.07 Å². The van der Waals surface area contributed by atoms with Gasteiger partial charge in [-0.3, -0.25) is 0 Å². The molecule has 0 saturated carbocycles. The Morgan fingerprint density at radius 2 is 2.27 bits per heavy atom. The first-order valence-electron chi connectivity index (χ1n) is 2.84. The predicted octanol–water partition coefficient (Wildman–Crippen LogP) is 3.48. The summed E-state index contributed by atoms with van der Waals surface area (Å²) in [6.45, 7) is 0. The predicted molar refractivity (Wildman–Crippen MR) is 53.1 cm³/mol. The van der Waals surface area contributed by atoms with E-state index in [1.165, 1.54) is 11.3 Å². The summed E-state index contributed by atoms with van der Waals surface area (Å²) < 4.78 is 1.16. The molecule has 1 nitrogen and oxygen atoms in total. The Kier molecular flexibility index (Phi) is 3.65. The summed E-state index contributed by atoms with van der Waals surface area (Å²) in [5, 5.41) is 9.81. The lowest BCUT2D eigenvalue weighted by Crippen LogP contribution is -1.95. The first kappa shape index (κ1) is 9.81. The minimum absolute atomic E-state index is 0.472. The van der Waals surface area contributed by atoms with Crippen LogP contribution in [0.2, 0.25) is 8.67 Å². The molecule has 0 radical (unpaired) electrons. The van der Waals surface area contributed by atoms with E-state index in [0.29, 0.717) is 19.6 Å². The summed E-state index contributed by atoms with van der Waals surface area (Å²) in [4.78, 5) is 0. The molecule has 0 bridgehead atoms. The van der Waals surface area contributed by atoms with Crippen molar-refractivity contribution in [3.63, 3.8) is 0 Å². The van der Waals surface area contributed by atoms with Crippen molar-refractivity contribution in [1.29, 1.82) is 0 Å². The molecule has 0 aliphatic carbocycles. The van der Waals surface area contributed by atoms with Crippen LogP contribution < -0.4 is 0 Å². The van der Waals surface area contributed by atoms with E-state index in [1.54, 1.807) is 6.07 Å². The smallest absolute Gasteiger partial charge is 0.100 e. The lowest BCUT2D eigenvalue weighted by Gasteiger charge is -2.02. The molecule has 0 aliphatic heterocycles. The molecule has 11 heavy (non-hydrogen) atoms. The van der Waals surface area contributed by atoms with Crippen LogP contribution in [-0.2, 0) is 0 Å². The minimum Gasteiger partial charge on any atom is -0.387 e. The van der Waals surface area contributed by atoms with Gasteiger partial charge in [-0.2, -0.15) is 0 Å². The van der Waals surface area contributed by atoms with E-state index in [4.69, 9.17) is 23.2 Å². The molecule has 1 atom stereocenters. The Hall–Kier alpha value is 0.720. The monoisotopic (exact) mass is 274 g/mol. The summed E-state index contributed by atoms with van der Waals surface area (Å²) in [5.41, 5.74) is 0.693. The Morgan fingerprint density at radius 3 is 2.64 bits per heavy atom. The Morgan fingerprint density at radius 1 is 1.64 bits per heavy atom. The molecule has 5 heteroatoms. The molecule has 1 N–H and O–H groups in total. The number of hydrogen-bond acceptors (Lipinski definition) is 2. The highest BCUT2D eigenvalue weighted by Gasteiger charge is 2.13. The van der Waals surface area contributed by atoms with Crippen molar-refractivity contribution in [2.24, 2.45) is 0 Å². The molecule has 0 saturated heterocycles. The largest absolute Gasteiger partial charge is 0.387 e. The third-order valence-corrected chi connectivity index (χ3v) is 3.32. The summed E-state index contributed by atoms with van der Waals surface area (Å²) in [5.74, 6) is 0. The molecule has 0 unspecified atom stereocenters. The van der Waals surface area contributed by atoms with Gasteiger partial charge < -0.3 is 5.11 Å². The third-order valence-electron chi connectivity index (χ3n) is 1.19. The Bertz CT molecular complexity index is 251. The summed E-state index contributed by atoms with van der Waals surface area (Å²) in [6.07, 6.45) is -0.564. The van der Waals surface area contributed by atoms with Crippen molar-refractivity contribution in [3.8, 4) is 0 Å². The maximum atomic E-state index is 9.34. The van der Waals surface area contributed by atoms with Gasteiger partial charge in [-0.25, -0.2) is 0 Å². The lowest BCUT2D eigenvalue weighted by molar-refractivity contribution is 0.206. The topological polar surface area (TPSA) is 20.2 Å². The maximum absolute atomic E-state index is 9.34. The molecule has 0 aromatic carbocycles. The van der Waals surface area contributed by atoms with Crippen LogP contribution in [0.25, 0.3) is 0 Å². The standard InChI is InChI=1S/C6H5BrCl2OS/c7-2-4(10)3-1-5(8)11-6(3)9/h1,4,10H,2H2/t4-/m0/s1. The fourth-order valence-electron chi connectivity index (χ4n) is 0.663. The quantitative estimate of drug-likeness (QED) is 0.820. The zero-order valence-electron chi connectivity index (χ0n) is 5.35. The second-order valence-corrected chi connectivity index (χ2v) is 4.88. The van der Waals surface area contributed by atoms with Crippen molar-refractivity contribution in [2.45, 2.75) is 6.10 Å². The molecule has 0 spiro atoms. The van der Waals surface area contributed by atoms with Crippen LogP contribution in [-0.4, -0.2) is 10.4 Å². The van der Waals surface area contributed by atoms with Crippen molar-refractivity contribution < 1.29 is 5.11 Å². The molecule has 62 valence electrons. The minimum atomic E-state index is -0.564. The number of aliphatic hydroxyl groups is 1. The second kappa shape index (κ2) is 4.10. The van der Waals surface area contributed by atoms with Gasteiger partial charge in [0.2, 0.25) is 0 Å². The molecule has 1 rings (SSSR count). The summed E-state index contributed by atoms with van der Waals surface area (Å²) in [7, 11) is 0. The van der Waals surface area contributed by atoms with Crippen molar-refractivity contribution in [3.05, 3.63) is 20.3 Å². The van der Waals surface area contributed by atoms with Gasteiger partial charge in [-0.1, -0.05) is 39.1 Å². The van der Waals surface area contributed by atoms with Crippen LogP contribution in [0.3, 0.4) is 0 Å². The van der Waals surface area contributed by atoms with Gasteiger partial charge in [-0.05, 0) is 6.07 Å². The SMILES string of the molecule is O[C@@H](CBr)c1cc(Cl)sc1Cl. The molecule has 1 aromatic rings. The molecule has 1 heterocycles. The fraction of sp³-hybridized carbons (Fsp3) is 0.333. The first-order valence-corrected chi connectivity index (χ1v) is 5.53. The van der Waals surface area contributed by atoms with Gasteiger partial charge >= 0.3 is 0 Å². The van der Waals surface area contributed by atoms with E-state index in [-0.39, 0.29) is 0 Å². The fourth-order valence-corrected chi connectivity index (χ4v) is 2.58. The summed E-state index contributed by atoms with van der Waals surface area (Å²) in [6, 6.07) is 1.68. The number of halogens is 3. The van der Waals surface area contributed by atoms with Crippen LogP contribution >= 0.6 is 50.5 Å². The van der Waals surface area contributed by atoms with Gasteiger partial charge in [-0.15, -0.1) is 11.3 Å². The normalized spacial score (nSPS) is 13.5. The van der Waals surface area contributed by atoms with Crippen LogP contribution in [0.5, 0.6) is 0 Å². The average molecular weight is 276 g/mol. The highest BCUT2D eigenvalue weighted by molar-refractivity contribution is 9.09. The molecular formula is C6H5BrCl2OS. The molecule has 0 amide bonds. The number of aliphatic hydroxyl groups excluding tert-OH is 1. The average Bonchev–Trinajstić information content (AvgIpc) is 2.28. The van der Waals surface area contributed by atoms with Crippen molar-refractivity contribution in [2.75, 3.05) is 5.33 Å². The number of hydrogen-bond donors (Lipinski definition) is 1. The lowest BCUT2D eigenvalue weighted by atomic mass is 10.2. The van der Waals surface area contributed by atoms with E-state index >= 15 is 0 Å². The number of alkyl halides is 1. The Balaban J connectivity index is 2.93. The van der Waals surface area contributed by atoms with Crippen molar-refractivity contribution >= 4 is 50.5 Å². The summed E-state index contributed by atoms with van der Waals surface area (Å²) >= 11 is 15.9. The highest BCUT2D eigenvalue weighted by Crippen LogP contribution is 2.35. The zero-order chi connectivity index (χ0) is 8.43. The van der Waals surface area contributed by atoms with Gasteiger partial charge in [0.1, 0.15) is 4.34 Å². The molecule has 0 fully saturated rings. The van der Waals surface area contributed by atoms with Gasteiger partial charge in [0, 0.05) is 10.9 Å². The Labute approximate surface area is 87.1 Å². The zero-order valence-corrected chi connectivity index (χ0v) is 9.27. The van der Waals surface area contributed by atoms with Gasteiger partial charge in [0.25, 0.3) is 0 Å². The molecule has 0 aliphatic rings. The van der Waals surface area contributed by atoms with Gasteiger partial charge in [0.15, 0.2) is 0 Å². The van der Waals surface area contributed by atoms with Crippen molar-refractivity contribution in [1.82, 2.24) is 0 Å². The van der Waals surface area contributed by atoms with Crippen LogP contribution in [0.1, 0.15) is 11.7 Å². The molecular weight excluding hydrogens is 271 g/mol. The second-order valence-electron chi connectivity index (χ2n) is 1.95. The van der Waals surface area contributed by atoms with E-state index in [1.807, 2.05) is 0 Å². The number of rotatable bonds is 2. The first-order chi connectivity index (χ1) is 5.15. The highest BCUT2D eigenvalue weighted by atomic mass is 79.9. The van der Waals surface area contributed by atoms with Crippen LogP contribution in [0.4, 0.5) is 0 Å². The molecule has 1 aromatic heterocycles. The maximum Gasteiger partial charge on any atom is 0.100 e. The van der Waals surface area contributed by atoms with E-state index < -0.39 is 6.10 Å². The van der Waals surface area contributed by atoms with Crippen LogP contribution in [0, 0.1) is 0 Å². The van der Waals surface area contributed by atoms with E-state index in [9.17, 15) is 5.11 Å². The van der Waals surface area contributed by atoms with E-state index in [0.717, 1.165) is 0 Å². The number of thiophene rings is 1.